The van der Waals surface area contributed by atoms with Crippen LogP contribution in [-0.4, -0.2) is 26.8 Å². The summed E-state index contributed by atoms with van der Waals surface area (Å²) in [5, 5.41) is 0. The molecule has 0 amide bonds. The lowest BCUT2D eigenvalue weighted by molar-refractivity contribution is 0.172. The lowest BCUT2D eigenvalue weighted by Gasteiger charge is -2.26. The van der Waals surface area contributed by atoms with E-state index >= 15 is 0 Å². The van der Waals surface area contributed by atoms with Crippen LogP contribution >= 0.6 is 0 Å². The summed E-state index contributed by atoms with van der Waals surface area (Å²) in [6.45, 7) is 8.11. The maximum atomic E-state index is 6.02. The molecule has 0 aromatic carbocycles. The zero-order chi connectivity index (χ0) is 14.0. The van der Waals surface area contributed by atoms with Crippen molar-refractivity contribution in [3.63, 3.8) is 0 Å². The minimum Gasteiger partial charge on any atom is -0.394 e. The molecule has 0 aliphatic rings. The van der Waals surface area contributed by atoms with Gasteiger partial charge in [-0.1, -0.05) is 19.9 Å². The number of pyridine rings is 1. The average Bonchev–Trinajstić information content (AvgIpc) is 2.44. The Morgan fingerprint density at radius 3 is 2.32 bits per heavy atom. The summed E-state index contributed by atoms with van der Waals surface area (Å²) in [5.74, 6) is 0. The molecule has 0 radical (unpaired) electrons. The van der Waals surface area contributed by atoms with Crippen molar-refractivity contribution >= 4 is 8.56 Å². The Labute approximate surface area is 118 Å². The van der Waals surface area contributed by atoms with Crippen molar-refractivity contribution in [2.45, 2.75) is 52.1 Å². The summed E-state index contributed by atoms with van der Waals surface area (Å²) in [6.07, 6.45) is 6.06. The first-order valence-electron chi connectivity index (χ1n) is 7.38. The third kappa shape index (κ3) is 6.85. The molecule has 1 aromatic heterocycles. The Morgan fingerprint density at radius 1 is 1.11 bits per heavy atom. The molecule has 3 nitrogen and oxygen atoms in total. The van der Waals surface area contributed by atoms with Crippen molar-refractivity contribution in [3.8, 4) is 0 Å². The van der Waals surface area contributed by atoms with E-state index < -0.39 is 8.56 Å². The quantitative estimate of drug-likeness (QED) is 0.609. The van der Waals surface area contributed by atoms with Gasteiger partial charge >= 0.3 is 8.56 Å². The van der Waals surface area contributed by atoms with Crippen LogP contribution in [0.15, 0.2) is 24.4 Å². The van der Waals surface area contributed by atoms with Crippen molar-refractivity contribution in [1.82, 2.24) is 4.98 Å². The minimum absolute atomic E-state index is 0.815. The number of rotatable bonds is 10. The molecule has 1 heterocycles. The number of hydrogen-bond donors (Lipinski definition) is 0. The van der Waals surface area contributed by atoms with E-state index in [0.29, 0.717) is 0 Å². The van der Waals surface area contributed by atoms with Crippen LogP contribution in [0.5, 0.6) is 0 Å². The highest BCUT2D eigenvalue weighted by molar-refractivity contribution is 6.66. The van der Waals surface area contributed by atoms with E-state index in [1.807, 2.05) is 18.3 Å². The molecule has 0 saturated heterocycles. The first-order chi connectivity index (χ1) is 9.20. The SMILES string of the molecule is CCCO[Si](C)(CCCc1ccccn1)OCCC. The predicted octanol–water partition coefficient (Wildman–Crippen LogP) is 3.94. The highest BCUT2D eigenvalue weighted by Crippen LogP contribution is 2.18. The second-order valence-corrected chi connectivity index (χ2v) is 8.35. The third-order valence-corrected chi connectivity index (χ3v) is 5.90. The van der Waals surface area contributed by atoms with E-state index in [1.54, 1.807) is 0 Å². The Morgan fingerprint density at radius 2 is 1.79 bits per heavy atom. The van der Waals surface area contributed by atoms with E-state index in [9.17, 15) is 0 Å². The molecule has 0 aliphatic carbocycles. The van der Waals surface area contributed by atoms with Crippen molar-refractivity contribution in [2.24, 2.45) is 0 Å². The van der Waals surface area contributed by atoms with Gasteiger partial charge in [0.05, 0.1) is 0 Å². The van der Waals surface area contributed by atoms with Crippen LogP contribution < -0.4 is 0 Å². The van der Waals surface area contributed by atoms with E-state index in [1.165, 1.54) is 0 Å². The second-order valence-electron chi connectivity index (χ2n) is 5.01. The standard InChI is InChI=1S/C15H27NO2Si/c1-4-12-17-19(3,18-13-5-2)14-8-10-15-9-6-7-11-16-15/h6-7,9,11H,4-5,8,10,12-14H2,1-3H3. The number of aryl methyl sites for hydroxylation is 1. The minimum atomic E-state index is -1.97. The summed E-state index contributed by atoms with van der Waals surface area (Å²) in [4.78, 5) is 4.36. The van der Waals surface area contributed by atoms with Crippen LogP contribution in [0.25, 0.3) is 0 Å². The summed E-state index contributed by atoms with van der Waals surface area (Å²) < 4.78 is 12.0. The van der Waals surface area contributed by atoms with Crippen molar-refractivity contribution < 1.29 is 8.85 Å². The first-order valence-corrected chi connectivity index (χ1v) is 9.90. The van der Waals surface area contributed by atoms with Gasteiger partial charge in [0.25, 0.3) is 0 Å². The summed E-state index contributed by atoms with van der Waals surface area (Å²) in [6, 6.07) is 7.12. The molecule has 0 fully saturated rings. The average molecular weight is 281 g/mol. The number of nitrogens with zero attached hydrogens (tertiary/aromatic N) is 1. The number of aromatic nitrogens is 1. The van der Waals surface area contributed by atoms with Crippen LogP contribution in [0, 0.1) is 0 Å². The molecule has 1 aromatic rings. The Kier molecular flexibility index (Phi) is 7.94. The Hall–Kier alpha value is -0.713. The molecule has 108 valence electrons. The molecular weight excluding hydrogens is 254 g/mol. The monoisotopic (exact) mass is 281 g/mol. The maximum Gasteiger partial charge on any atom is 0.334 e. The molecule has 4 heteroatoms. The fourth-order valence-electron chi connectivity index (χ4n) is 1.96. The zero-order valence-corrected chi connectivity index (χ0v) is 13.5. The topological polar surface area (TPSA) is 31.4 Å². The van der Waals surface area contributed by atoms with E-state index in [4.69, 9.17) is 8.85 Å². The molecule has 0 N–H and O–H groups in total. The normalized spacial score (nSPS) is 11.7. The van der Waals surface area contributed by atoms with Gasteiger partial charge < -0.3 is 8.85 Å². The maximum absolute atomic E-state index is 6.02. The zero-order valence-electron chi connectivity index (χ0n) is 12.5. The van der Waals surface area contributed by atoms with Gasteiger partial charge in [0.2, 0.25) is 0 Å². The summed E-state index contributed by atoms with van der Waals surface area (Å²) in [5.41, 5.74) is 1.16. The lowest BCUT2D eigenvalue weighted by atomic mass is 10.2. The summed E-state index contributed by atoms with van der Waals surface area (Å²) >= 11 is 0. The Balaban J connectivity index is 2.39. The van der Waals surface area contributed by atoms with E-state index in [2.05, 4.69) is 31.4 Å². The predicted molar refractivity (Wildman–Crippen MR) is 81.5 cm³/mol. The van der Waals surface area contributed by atoms with Crippen molar-refractivity contribution in [2.75, 3.05) is 13.2 Å². The van der Waals surface area contributed by atoms with Gasteiger partial charge in [-0.25, -0.2) is 0 Å². The first kappa shape index (κ1) is 16.3. The molecule has 19 heavy (non-hydrogen) atoms. The second kappa shape index (κ2) is 9.23. The molecule has 0 atom stereocenters. The molecular formula is C15H27NO2Si. The highest BCUT2D eigenvalue weighted by Gasteiger charge is 2.30. The van der Waals surface area contributed by atoms with Crippen LogP contribution in [0.4, 0.5) is 0 Å². The van der Waals surface area contributed by atoms with Gasteiger partial charge in [-0.05, 0) is 50.4 Å². The van der Waals surface area contributed by atoms with Crippen LogP contribution in [0.2, 0.25) is 12.6 Å². The molecule has 0 unspecified atom stereocenters. The van der Waals surface area contributed by atoms with Gasteiger partial charge in [0, 0.05) is 25.1 Å². The van der Waals surface area contributed by atoms with Crippen LogP contribution in [-0.2, 0) is 15.3 Å². The van der Waals surface area contributed by atoms with Gasteiger partial charge in [0.15, 0.2) is 0 Å². The van der Waals surface area contributed by atoms with Crippen LogP contribution in [0.1, 0.15) is 38.8 Å². The molecule has 0 bridgehead atoms. The Bertz CT molecular complexity index is 324. The van der Waals surface area contributed by atoms with E-state index in [-0.39, 0.29) is 0 Å². The largest absolute Gasteiger partial charge is 0.394 e. The van der Waals surface area contributed by atoms with Gasteiger partial charge in [-0.3, -0.25) is 4.98 Å². The third-order valence-electron chi connectivity index (χ3n) is 3.01. The van der Waals surface area contributed by atoms with Gasteiger partial charge in [0.1, 0.15) is 0 Å². The fraction of sp³-hybridized carbons (Fsp3) is 0.667. The van der Waals surface area contributed by atoms with Crippen molar-refractivity contribution in [1.29, 1.82) is 0 Å². The lowest BCUT2D eigenvalue weighted by Crippen LogP contribution is -2.39. The molecule has 0 aliphatic heterocycles. The van der Waals surface area contributed by atoms with Gasteiger partial charge in [-0.15, -0.1) is 0 Å². The van der Waals surface area contributed by atoms with Gasteiger partial charge in [-0.2, -0.15) is 0 Å². The number of hydrogen-bond acceptors (Lipinski definition) is 3. The van der Waals surface area contributed by atoms with Crippen molar-refractivity contribution in [3.05, 3.63) is 30.1 Å². The smallest absolute Gasteiger partial charge is 0.334 e. The fourth-order valence-corrected chi connectivity index (χ4v) is 4.42. The molecule has 0 spiro atoms. The summed E-state index contributed by atoms with van der Waals surface area (Å²) in [7, 11) is -1.97. The molecule has 0 saturated carbocycles. The van der Waals surface area contributed by atoms with E-state index in [0.717, 1.165) is 50.6 Å². The van der Waals surface area contributed by atoms with Crippen LogP contribution in [0.3, 0.4) is 0 Å². The molecule has 1 rings (SSSR count). The highest BCUT2D eigenvalue weighted by atomic mass is 28.4.